The molecule has 1 aromatic rings. The molecule has 1 heterocycles. The minimum atomic E-state index is -0.648. The fraction of sp³-hybridized carbons (Fsp3) is 0.533. The van der Waals surface area contributed by atoms with Crippen molar-refractivity contribution in [3.05, 3.63) is 18.2 Å². The van der Waals surface area contributed by atoms with Gasteiger partial charge in [0.1, 0.15) is 0 Å². The summed E-state index contributed by atoms with van der Waals surface area (Å²) in [6.45, 7) is 8.57. The molecule has 1 amide bonds. The monoisotopic (exact) mass is 278 g/mol. The van der Waals surface area contributed by atoms with E-state index in [2.05, 4.69) is 10.6 Å². The van der Waals surface area contributed by atoms with Gasteiger partial charge < -0.3 is 20.1 Å². The Hall–Kier alpha value is -1.75. The standard InChI is InChI=1S/C15H22N2O3/c1-5-16-10(2)8-14(18)17-11-6-7-12-13(9-11)20-15(3,4)19-12/h6-7,9-10,16H,5,8H2,1-4H3,(H,17,18). The second kappa shape index (κ2) is 5.71. The van der Waals surface area contributed by atoms with Gasteiger partial charge in [-0.05, 0) is 25.6 Å². The van der Waals surface area contributed by atoms with Crippen LogP contribution in [-0.4, -0.2) is 24.3 Å². The summed E-state index contributed by atoms with van der Waals surface area (Å²) in [7, 11) is 0. The van der Waals surface area contributed by atoms with Gasteiger partial charge in [-0.25, -0.2) is 0 Å². The fourth-order valence-corrected chi connectivity index (χ4v) is 2.21. The van der Waals surface area contributed by atoms with Gasteiger partial charge in [0.2, 0.25) is 11.7 Å². The average Bonchev–Trinajstić information content (AvgIpc) is 2.62. The quantitative estimate of drug-likeness (QED) is 0.869. The van der Waals surface area contributed by atoms with Crippen molar-refractivity contribution in [2.75, 3.05) is 11.9 Å². The average molecular weight is 278 g/mol. The molecule has 0 fully saturated rings. The van der Waals surface area contributed by atoms with Crippen molar-refractivity contribution in [1.82, 2.24) is 5.32 Å². The second-order valence-electron chi connectivity index (χ2n) is 5.48. The van der Waals surface area contributed by atoms with Gasteiger partial charge in [-0.3, -0.25) is 4.79 Å². The highest BCUT2D eigenvalue weighted by Crippen LogP contribution is 2.40. The minimum absolute atomic E-state index is 0.0171. The van der Waals surface area contributed by atoms with E-state index in [1.807, 2.05) is 39.8 Å². The van der Waals surface area contributed by atoms with Crippen molar-refractivity contribution in [1.29, 1.82) is 0 Å². The first-order valence-electron chi connectivity index (χ1n) is 6.95. The summed E-state index contributed by atoms with van der Waals surface area (Å²) in [5, 5.41) is 6.08. The Balaban J connectivity index is 1.97. The molecule has 1 unspecified atom stereocenters. The maximum absolute atomic E-state index is 11.9. The van der Waals surface area contributed by atoms with Crippen molar-refractivity contribution >= 4 is 11.6 Å². The predicted molar refractivity (Wildman–Crippen MR) is 78.2 cm³/mol. The highest BCUT2D eigenvalue weighted by Gasteiger charge is 2.31. The van der Waals surface area contributed by atoms with Crippen molar-refractivity contribution in [2.45, 2.75) is 45.9 Å². The highest BCUT2D eigenvalue weighted by atomic mass is 16.7. The Labute approximate surface area is 119 Å². The zero-order valence-electron chi connectivity index (χ0n) is 12.4. The van der Waals surface area contributed by atoms with E-state index in [9.17, 15) is 4.79 Å². The maximum Gasteiger partial charge on any atom is 0.246 e. The molecule has 1 atom stereocenters. The molecule has 0 aromatic heterocycles. The number of rotatable bonds is 5. The van der Waals surface area contributed by atoms with E-state index in [1.54, 1.807) is 6.07 Å². The summed E-state index contributed by atoms with van der Waals surface area (Å²) in [6, 6.07) is 5.58. The molecule has 2 N–H and O–H groups in total. The van der Waals surface area contributed by atoms with Gasteiger partial charge >= 0.3 is 0 Å². The Morgan fingerprint density at radius 2 is 2.00 bits per heavy atom. The van der Waals surface area contributed by atoms with Gasteiger partial charge in [0.15, 0.2) is 11.5 Å². The summed E-state index contributed by atoms with van der Waals surface area (Å²) in [5.41, 5.74) is 0.721. The van der Waals surface area contributed by atoms with Crippen molar-refractivity contribution in [3.63, 3.8) is 0 Å². The molecule has 1 aromatic carbocycles. The lowest BCUT2D eigenvalue weighted by Crippen LogP contribution is -2.30. The van der Waals surface area contributed by atoms with Crippen LogP contribution in [0.15, 0.2) is 18.2 Å². The number of benzene rings is 1. The normalized spacial score (nSPS) is 16.8. The largest absolute Gasteiger partial charge is 0.449 e. The fourth-order valence-electron chi connectivity index (χ4n) is 2.21. The number of fused-ring (bicyclic) bond motifs is 1. The Morgan fingerprint density at radius 1 is 1.30 bits per heavy atom. The molecular weight excluding hydrogens is 256 g/mol. The number of hydrogen-bond acceptors (Lipinski definition) is 4. The van der Waals surface area contributed by atoms with Crippen LogP contribution in [0.1, 0.15) is 34.1 Å². The molecular formula is C15H22N2O3. The molecule has 5 nitrogen and oxygen atoms in total. The number of carbonyl (C=O) groups is 1. The molecule has 20 heavy (non-hydrogen) atoms. The molecule has 0 radical (unpaired) electrons. The number of hydrogen-bond donors (Lipinski definition) is 2. The van der Waals surface area contributed by atoms with E-state index in [0.717, 1.165) is 12.2 Å². The van der Waals surface area contributed by atoms with Gasteiger partial charge in [0, 0.05) is 38.1 Å². The molecule has 2 rings (SSSR count). The molecule has 0 saturated heterocycles. The zero-order chi connectivity index (χ0) is 14.8. The molecule has 5 heteroatoms. The van der Waals surface area contributed by atoms with Crippen LogP contribution in [0.25, 0.3) is 0 Å². The predicted octanol–water partition coefficient (Wildman–Crippen LogP) is 2.52. The smallest absolute Gasteiger partial charge is 0.246 e. The van der Waals surface area contributed by atoms with Crippen LogP contribution in [0, 0.1) is 0 Å². The third kappa shape index (κ3) is 3.63. The minimum Gasteiger partial charge on any atom is -0.449 e. The van der Waals surface area contributed by atoms with Gasteiger partial charge in [-0.2, -0.15) is 0 Å². The van der Waals surface area contributed by atoms with Crippen LogP contribution in [0.4, 0.5) is 5.69 Å². The number of ether oxygens (including phenoxy) is 2. The summed E-state index contributed by atoms with van der Waals surface area (Å²) in [6.07, 6.45) is 0.438. The lowest BCUT2D eigenvalue weighted by molar-refractivity contribution is -0.116. The van der Waals surface area contributed by atoms with E-state index in [4.69, 9.17) is 9.47 Å². The van der Waals surface area contributed by atoms with Crippen molar-refractivity contribution in [3.8, 4) is 11.5 Å². The second-order valence-corrected chi connectivity index (χ2v) is 5.48. The number of anilines is 1. The van der Waals surface area contributed by atoms with E-state index in [-0.39, 0.29) is 11.9 Å². The number of amides is 1. The molecule has 0 saturated carbocycles. The van der Waals surface area contributed by atoms with E-state index in [1.165, 1.54) is 0 Å². The van der Waals surface area contributed by atoms with E-state index >= 15 is 0 Å². The van der Waals surface area contributed by atoms with E-state index in [0.29, 0.717) is 17.9 Å². The summed E-state index contributed by atoms with van der Waals surface area (Å²) < 4.78 is 11.3. The highest BCUT2D eigenvalue weighted by molar-refractivity contribution is 5.91. The van der Waals surface area contributed by atoms with Crippen LogP contribution in [0.2, 0.25) is 0 Å². The summed E-state index contributed by atoms with van der Waals surface area (Å²) in [5.74, 6) is 0.697. The Morgan fingerprint density at radius 3 is 2.70 bits per heavy atom. The lowest BCUT2D eigenvalue weighted by atomic mass is 10.2. The SMILES string of the molecule is CCNC(C)CC(=O)Nc1ccc2c(c1)OC(C)(C)O2. The first-order valence-corrected chi connectivity index (χ1v) is 6.95. The first-order chi connectivity index (χ1) is 9.39. The molecule has 110 valence electrons. The van der Waals surface area contributed by atoms with Crippen molar-refractivity contribution < 1.29 is 14.3 Å². The third-order valence-corrected chi connectivity index (χ3v) is 2.98. The first kappa shape index (κ1) is 14.7. The van der Waals surface area contributed by atoms with Crippen LogP contribution in [0.3, 0.4) is 0 Å². The molecule has 0 spiro atoms. The lowest BCUT2D eigenvalue weighted by Gasteiger charge is -2.16. The molecule has 1 aliphatic rings. The maximum atomic E-state index is 11.9. The van der Waals surface area contributed by atoms with Crippen molar-refractivity contribution in [2.24, 2.45) is 0 Å². The molecule has 1 aliphatic heterocycles. The van der Waals surface area contributed by atoms with Gasteiger partial charge in [-0.15, -0.1) is 0 Å². The molecule has 0 aliphatic carbocycles. The van der Waals surface area contributed by atoms with Gasteiger partial charge in [0.25, 0.3) is 0 Å². The number of carbonyl (C=O) groups excluding carboxylic acids is 1. The van der Waals surface area contributed by atoms with Crippen LogP contribution in [0.5, 0.6) is 11.5 Å². The molecule has 0 bridgehead atoms. The van der Waals surface area contributed by atoms with Crippen LogP contribution >= 0.6 is 0 Å². The van der Waals surface area contributed by atoms with Crippen LogP contribution < -0.4 is 20.1 Å². The zero-order valence-corrected chi connectivity index (χ0v) is 12.4. The van der Waals surface area contributed by atoms with Crippen LogP contribution in [-0.2, 0) is 4.79 Å². The van der Waals surface area contributed by atoms with Gasteiger partial charge in [-0.1, -0.05) is 6.92 Å². The summed E-state index contributed by atoms with van der Waals surface area (Å²) >= 11 is 0. The third-order valence-electron chi connectivity index (χ3n) is 2.98. The van der Waals surface area contributed by atoms with E-state index < -0.39 is 5.79 Å². The topological polar surface area (TPSA) is 59.6 Å². The summed E-state index contributed by atoms with van der Waals surface area (Å²) in [4.78, 5) is 11.9. The Bertz CT molecular complexity index is 500. The number of nitrogens with one attached hydrogen (secondary N) is 2. The Kier molecular flexibility index (Phi) is 4.18. The van der Waals surface area contributed by atoms with Gasteiger partial charge in [0.05, 0.1) is 0 Å².